The summed E-state index contributed by atoms with van der Waals surface area (Å²) in [6.45, 7) is 6.70. The van der Waals surface area contributed by atoms with E-state index in [0.717, 1.165) is 70.6 Å². The highest BCUT2D eigenvalue weighted by Gasteiger charge is 2.19. The van der Waals surface area contributed by atoms with E-state index in [1.54, 1.807) is 0 Å². The molecule has 6 nitrogen and oxygen atoms in total. The van der Waals surface area contributed by atoms with Gasteiger partial charge in [0.2, 0.25) is 0 Å². The minimum absolute atomic E-state index is 0.0681. The zero-order valence-electron chi connectivity index (χ0n) is 51.6. The molecule has 0 heterocycles. The Hall–Kier alpha value is -2.11. The summed E-state index contributed by atoms with van der Waals surface area (Å²) in [4.78, 5) is 38.4. The van der Waals surface area contributed by atoms with E-state index < -0.39 is 6.10 Å². The van der Waals surface area contributed by atoms with Gasteiger partial charge in [-0.15, -0.1) is 0 Å². The molecule has 1 atom stereocenters. The third-order valence-corrected chi connectivity index (χ3v) is 15.7. The van der Waals surface area contributed by atoms with Crippen molar-refractivity contribution < 1.29 is 28.6 Å². The Balaban J connectivity index is 4.27. The maximum Gasteiger partial charge on any atom is 0.306 e. The lowest BCUT2D eigenvalue weighted by Crippen LogP contribution is -2.30. The fourth-order valence-electron chi connectivity index (χ4n) is 10.5. The minimum atomic E-state index is -0.772. The Morgan fingerprint density at radius 2 is 0.474 bits per heavy atom. The van der Waals surface area contributed by atoms with Crippen LogP contribution in [-0.4, -0.2) is 37.2 Å². The summed E-state index contributed by atoms with van der Waals surface area (Å²) >= 11 is 0. The van der Waals surface area contributed by atoms with Gasteiger partial charge < -0.3 is 14.2 Å². The van der Waals surface area contributed by atoms with Crippen molar-refractivity contribution >= 4 is 17.9 Å². The maximum atomic E-state index is 12.9. The van der Waals surface area contributed by atoms with Gasteiger partial charge in [0.25, 0.3) is 0 Å². The van der Waals surface area contributed by atoms with Gasteiger partial charge in [0, 0.05) is 19.3 Å². The first-order chi connectivity index (χ1) is 37.5. The van der Waals surface area contributed by atoms with E-state index in [0.29, 0.717) is 19.3 Å². The molecule has 0 saturated carbocycles. The van der Waals surface area contributed by atoms with Crippen molar-refractivity contribution in [3.8, 4) is 0 Å². The van der Waals surface area contributed by atoms with Gasteiger partial charge in [0.1, 0.15) is 13.2 Å². The number of hydrogen-bond donors (Lipinski definition) is 0. The molecule has 0 spiro atoms. The summed E-state index contributed by atoms with van der Waals surface area (Å²) in [5, 5.41) is 0. The highest BCUT2D eigenvalue weighted by atomic mass is 16.6. The van der Waals surface area contributed by atoms with Gasteiger partial charge in [-0.2, -0.15) is 0 Å². The van der Waals surface area contributed by atoms with Gasteiger partial charge in [-0.05, 0) is 51.4 Å². The van der Waals surface area contributed by atoms with Crippen molar-refractivity contribution in [3.63, 3.8) is 0 Å². The lowest BCUT2D eigenvalue weighted by Gasteiger charge is -2.18. The Morgan fingerprint density at radius 3 is 0.737 bits per heavy atom. The first-order valence-electron chi connectivity index (χ1n) is 34.3. The van der Waals surface area contributed by atoms with Crippen LogP contribution in [0, 0.1) is 0 Å². The predicted octanol–water partition coefficient (Wildman–Crippen LogP) is 23.4. The number of carbonyl (C=O) groups excluding carboxylic acids is 3. The largest absolute Gasteiger partial charge is 0.462 e. The quantitative estimate of drug-likeness (QED) is 0.0261. The van der Waals surface area contributed by atoms with Crippen LogP contribution in [0.15, 0.2) is 24.3 Å². The third kappa shape index (κ3) is 62.7. The summed E-state index contributed by atoms with van der Waals surface area (Å²) in [6.07, 6.45) is 79.1. The van der Waals surface area contributed by atoms with Crippen molar-refractivity contribution in [1.29, 1.82) is 0 Å². The molecule has 0 amide bonds. The Bertz CT molecular complexity index is 1230. The van der Waals surface area contributed by atoms with Gasteiger partial charge in [0.05, 0.1) is 0 Å². The number of ether oxygens (including phenoxy) is 3. The zero-order valence-corrected chi connectivity index (χ0v) is 51.6. The van der Waals surface area contributed by atoms with Gasteiger partial charge in [0.15, 0.2) is 6.10 Å². The van der Waals surface area contributed by atoms with Crippen LogP contribution in [0.5, 0.6) is 0 Å². The molecule has 1 unspecified atom stereocenters. The second-order valence-electron chi connectivity index (χ2n) is 23.5. The number of rotatable bonds is 64. The lowest BCUT2D eigenvalue weighted by atomic mass is 10.0. The second kappa shape index (κ2) is 65.4. The van der Waals surface area contributed by atoms with E-state index in [2.05, 4.69) is 45.1 Å². The molecule has 0 fully saturated rings. The summed E-state index contributed by atoms with van der Waals surface area (Å²) in [5.41, 5.74) is 0. The SMILES string of the molecule is CCCCCC/C=C\C/C=C\CCCCCCCCCC(=O)OC(COC(=O)CCCCCCCCCCCCCCCCCC)COC(=O)CCCCCCCCCCCCCCCCCCCCCCCCCC. The van der Waals surface area contributed by atoms with Gasteiger partial charge in [-0.1, -0.05) is 340 Å². The average Bonchev–Trinajstić information content (AvgIpc) is 3.42. The molecule has 0 bridgehead atoms. The van der Waals surface area contributed by atoms with Crippen LogP contribution < -0.4 is 0 Å². The summed E-state index contributed by atoms with van der Waals surface area (Å²) < 4.78 is 17.0. The smallest absolute Gasteiger partial charge is 0.306 e. The van der Waals surface area contributed by atoms with E-state index in [4.69, 9.17) is 14.2 Å². The molecule has 0 aromatic heterocycles. The standard InChI is InChI=1S/C70H132O6/c1-4-7-10-13-16-19-22-25-28-31-33-34-35-36-37-38-40-42-45-48-51-54-57-60-63-69(72)75-66-67(65-74-68(71)62-59-56-53-50-47-44-41-30-27-24-21-18-15-12-9-6-3)76-70(73)64-61-58-55-52-49-46-43-39-32-29-26-23-20-17-14-11-8-5-2/h20,23,29,32,67H,4-19,21-22,24-28,30-31,33-66H2,1-3H3/b23-20-,32-29-. The van der Waals surface area contributed by atoms with E-state index in [1.807, 2.05) is 0 Å². The molecular weight excluding hydrogens is 937 g/mol. The second-order valence-corrected chi connectivity index (χ2v) is 23.5. The van der Waals surface area contributed by atoms with Crippen LogP contribution in [0.1, 0.15) is 387 Å². The summed E-state index contributed by atoms with van der Waals surface area (Å²) in [7, 11) is 0. The van der Waals surface area contributed by atoms with E-state index >= 15 is 0 Å². The molecule has 0 radical (unpaired) electrons. The van der Waals surface area contributed by atoms with Crippen molar-refractivity contribution in [2.45, 2.75) is 393 Å². The van der Waals surface area contributed by atoms with Crippen molar-refractivity contribution in [2.24, 2.45) is 0 Å². The number of carbonyl (C=O) groups is 3. The van der Waals surface area contributed by atoms with Gasteiger partial charge >= 0.3 is 17.9 Å². The molecule has 0 aromatic rings. The molecule has 448 valence electrons. The van der Waals surface area contributed by atoms with Crippen LogP contribution in [0.25, 0.3) is 0 Å². The maximum absolute atomic E-state index is 12.9. The highest BCUT2D eigenvalue weighted by Crippen LogP contribution is 2.19. The molecule has 0 aliphatic heterocycles. The number of hydrogen-bond acceptors (Lipinski definition) is 6. The average molecular weight is 1070 g/mol. The zero-order chi connectivity index (χ0) is 55.0. The normalized spacial score (nSPS) is 12.1. The Kier molecular flexibility index (Phi) is 63.6. The van der Waals surface area contributed by atoms with Gasteiger partial charge in [-0.25, -0.2) is 0 Å². The topological polar surface area (TPSA) is 78.9 Å². The number of allylic oxidation sites excluding steroid dienone is 4. The van der Waals surface area contributed by atoms with Crippen molar-refractivity contribution in [3.05, 3.63) is 24.3 Å². The molecule has 0 saturated heterocycles. The number of unbranched alkanes of at least 4 members (excludes halogenated alkanes) is 49. The van der Waals surface area contributed by atoms with Crippen molar-refractivity contribution in [2.75, 3.05) is 13.2 Å². The Labute approximate surface area is 474 Å². The van der Waals surface area contributed by atoms with Crippen LogP contribution in [0.3, 0.4) is 0 Å². The summed E-state index contributed by atoms with van der Waals surface area (Å²) in [6, 6.07) is 0. The fourth-order valence-corrected chi connectivity index (χ4v) is 10.5. The molecule has 0 aliphatic carbocycles. The van der Waals surface area contributed by atoms with Crippen LogP contribution >= 0.6 is 0 Å². The molecule has 0 aromatic carbocycles. The van der Waals surface area contributed by atoms with Gasteiger partial charge in [-0.3, -0.25) is 14.4 Å². The van der Waals surface area contributed by atoms with E-state index in [-0.39, 0.29) is 31.1 Å². The molecule has 0 aliphatic rings. The van der Waals surface area contributed by atoms with Crippen molar-refractivity contribution in [1.82, 2.24) is 0 Å². The van der Waals surface area contributed by atoms with E-state index in [1.165, 1.54) is 276 Å². The first kappa shape index (κ1) is 73.9. The highest BCUT2D eigenvalue weighted by molar-refractivity contribution is 5.71. The molecule has 0 N–H and O–H groups in total. The molecule has 0 rings (SSSR count). The molecular formula is C70H132O6. The molecule has 76 heavy (non-hydrogen) atoms. The van der Waals surface area contributed by atoms with Crippen LogP contribution in [0.2, 0.25) is 0 Å². The Morgan fingerprint density at radius 1 is 0.263 bits per heavy atom. The fraction of sp³-hybridized carbons (Fsp3) is 0.900. The predicted molar refractivity (Wildman–Crippen MR) is 330 cm³/mol. The third-order valence-electron chi connectivity index (χ3n) is 15.7. The van der Waals surface area contributed by atoms with Crippen LogP contribution in [-0.2, 0) is 28.6 Å². The molecule has 6 heteroatoms. The first-order valence-corrected chi connectivity index (χ1v) is 34.3. The summed E-state index contributed by atoms with van der Waals surface area (Å²) in [5.74, 6) is -0.844. The number of esters is 3. The van der Waals surface area contributed by atoms with E-state index in [9.17, 15) is 14.4 Å². The monoisotopic (exact) mass is 1070 g/mol. The minimum Gasteiger partial charge on any atom is -0.462 e. The lowest BCUT2D eigenvalue weighted by molar-refractivity contribution is -0.167. The van der Waals surface area contributed by atoms with Crippen LogP contribution in [0.4, 0.5) is 0 Å².